The van der Waals surface area contributed by atoms with E-state index in [1.807, 2.05) is 58.3 Å². The molecule has 2 saturated heterocycles. The van der Waals surface area contributed by atoms with E-state index in [1.54, 1.807) is 14.2 Å². The minimum atomic E-state index is 0.0138. The summed E-state index contributed by atoms with van der Waals surface area (Å²) in [5, 5.41) is 0. The van der Waals surface area contributed by atoms with Crippen LogP contribution < -0.4 is 14.2 Å². The monoisotopic (exact) mass is 466 g/mol. The Morgan fingerprint density at radius 3 is 2.53 bits per heavy atom. The second-order valence-electron chi connectivity index (χ2n) is 9.03. The first kappa shape index (κ1) is 23.9. The molecular weight excluding hydrogens is 432 g/mol. The summed E-state index contributed by atoms with van der Waals surface area (Å²) in [6, 6.07) is 15.3. The average molecular weight is 467 g/mol. The molecule has 34 heavy (non-hydrogen) atoms. The maximum Gasteiger partial charge on any atom is 0.260 e. The molecule has 7 nitrogen and oxygen atoms in total. The van der Waals surface area contributed by atoms with Crippen molar-refractivity contribution in [3.05, 3.63) is 54.1 Å². The molecule has 0 spiro atoms. The first-order valence-corrected chi connectivity index (χ1v) is 12.0. The molecule has 182 valence electrons. The number of methoxy groups -OCH3 is 2. The number of likely N-dealkylation sites (tertiary alicyclic amines) is 2. The maximum atomic E-state index is 13.0. The summed E-state index contributed by atoms with van der Waals surface area (Å²) < 4.78 is 16.6. The van der Waals surface area contributed by atoms with Gasteiger partial charge in [-0.1, -0.05) is 30.3 Å². The number of carbonyl (C=O) groups excluding carboxylic acids is 2. The Hall–Kier alpha value is -3.22. The van der Waals surface area contributed by atoms with Crippen molar-refractivity contribution in [3.8, 4) is 17.2 Å². The van der Waals surface area contributed by atoms with Crippen LogP contribution >= 0.6 is 0 Å². The molecule has 0 bridgehead atoms. The van der Waals surface area contributed by atoms with Gasteiger partial charge < -0.3 is 24.0 Å². The van der Waals surface area contributed by atoms with Crippen LogP contribution in [0.5, 0.6) is 17.2 Å². The van der Waals surface area contributed by atoms with Gasteiger partial charge in [0.2, 0.25) is 5.91 Å². The van der Waals surface area contributed by atoms with Gasteiger partial charge in [-0.05, 0) is 54.9 Å². The predicted molar refractivity (Wildman–Crippen MR) is 129 cm³/mol. The lowest BCUT2D eigenvalue weighted by Crippen LogP contribution is -2.45. The molecule has 2 aromatic rings. The number of benzene rings is 2. The van der Waals surface area contributed by atoms with Gasteiger partial charge in [-0.2, -0.15) is 0 Å². The molecule has 0 unspecified atom stereocenters. The lowest BCUT2D eigenvalue weighted by atomic mass is 9.82. The third-order valence-electron chi connectivity index (χ3n) is 7.04. The van der Waals surface area contributed by atoms with Crippen molar-refractivity contribution in [1.82, 2.24) is 9.80 Å². The number of amides is 2. The number of hydrogen-bond donors (Lipinski definition) is 0. The van der Waals surface area contributed by atoms with E-state index in [4.69, 9.17) is 14.2 Å². The SMILES string of the molecule is COc1cccc(CCN2CC[C@H]3CN(C(=O)COc4ccccc4)CC[C@H]3CC2=O)c1OC. The van der Waals surface area contributed by atoms with Gasteiger partial charge in [0.1, 0.15) is 5.75 Å². The third kappa shape index (κ3) is 5.64. The smallest absolute Gasteiger partial charge is 0.260 e. The Balaban J connectivity index is 1.31. The molecule has 0 N–H and O–H groups in total. The lowest BCUT2D eigenvalue weighted by Gasteiger charge is -2.37. The molecule has 2 amide bonds. The number of piperidine rings is 1. The molecule has 2 atom stereocenters. The van der Waals surface area contributed by atoms with Crippen LogP contribution in [0.3, 0.4) is 0 Å². The van der Waals surface area contributed by atoms with E-state index in [0.29, 0.717) is 55.8 Å². The highest BCUT2D eigenvalue weighted by molar-refractivity contribution is 5.78. The second-order valence-corrected chi connectivity index (χ2v) is 9.03. The summed E-state index contributed by atoms with van der Waals surface area (Å²) in [6.45, 7) is 2.80. The van der Waals surface area contributed by atoms with E-state index in [2.05, 4.69) is 0 Å². The average Bonchev–Trinajstić information content (AvgIpc) is 3.03. The molecule has 2 heterocycles. The van der Waals surface area contributed by atoms with E-state index in [9.17, 15) is 9.59 Å². The van der Waals surface area contributed by atoms with Crippen molar-refractivity contribution in [2.75, 3.05) is 47.0 Å². The molecule has 0 saturated carbocycles. The van der Waals surface area contributed by atoms with Crippen LogP contribution in [-0.2, 0) is 16.0 Å². The summed E-state index contributed by atoms with van der Waals surface area (Å²) >= 11 is 0. The highest BCUT2D eigenvalue weighted by Gasteiger charge is 2.36. The zero-order chi connectivity index (χ0) is 23.9. The van der Waals surface area contributed by atoms with Gasteiger partial charge in [0, 0.05) is 32.6 Å². The highest BCUT2D eigenvalue weighted by atomic mass is 16.5. The molecule has 2 fully saturated rings. The molecule has 4 rings (SSSR count). The first-order valence-electron chi connectivity index (χ1n) is 12.0. The first-order chi connectivity index (χ1) is 16.6. The van der Waals surface area contributed by atoms with Gasteiger partial charge >= 0.3 is 0 Å². The van der Waals surface area contributed by atoms with Crippen LogP contribution in [-0.4, -0.2) is 68.6 Å². The quantitative estimate of drug-likeness (QED) is 0.596. The summed E-state index contributed by atoms with van der Waals surface area (Å²) in [5.74, 6) is 3.04. The van der Waals surface area contributed by atoms with E-state index >= 15 is 0 Å². The number of rotatable bonds is 8. The number of para-hydroxylation sites is 2. The van der Waals surface area contributed by atoms with Crippen molar-refractivity contribution in [2.24, 2.45) is 11.8 Å². The molecule has 2 aliphatic rings. The van der Waals surface area contributed by atoms with Crippen molar-refractivity contribution in [1.29, 1.82) is 0 Å². The van der Waals surface area contributed by atoms with E-state index in [-0.39, 0.29) is 18.4 Å². The van der Waals surface area contributed by atoms with Crippen molar-refractivity contribution < 1.29 is 23.8 Å². The number of carbonyl (C=O) groups is 2. The largest absolute Gasteiger partial charge is 0.493 e. The van der Waals surface area contributed by atoms with Gasteiger partial charge in [0.05, 0.1) is 14.2 Å². The predicted octanol–water partition coefficient (Wildman–Crippen LogP) is 3.41. The molecule has 7 heteroatoms. The zero-order valence-corrected chi connectivity index (χ0v) is 20.1. The molecule has 2 aliphatic heterocycles. The van der Waals surface area contributed by atoms with Crippen molar-refractivity contribution in [3.63, 3.8) is 0 Å². The summed E-state index contributed by atoms with van der Waals surface area (Å²) in [4.78, 5) is 29.6. The minimum absolute atomic E-state index is 0.0138. The van der Waals surface area contributed by atoms with Gasteiger partial charge in [-0.25, -0.2) is 0 Å². The number of ether oxygens (including phenoxy) is 3. The van der Waals surface area contributed by atoms with Gasteiger partial charge in [0.25, 0.3) is 5.91 Å². The highest BCUT2D eigenvalue weighted by Crippen LogP contribution is 2.34. The molecule has 0 radical (unpaired) electrons. The minimum Gasteiger partial charge on any atom is -0.493 e. The summed E-state index contributed by atoms with van der Waals surface area (Å²) in [7, 11) is 3.27. The molecule has 0 aromatic heterocycles. The topological polar surface area (TPSA) is 68.3 Å². The van der Waals surface area contributed by atoms with Crippen molar-refractivity contribution >= 4 is 11.8 Å². The van der Waals surface area contributed by atoms with Crippen LogP contribution in [0, 0.1) is 11.8 Å². The number of nitrogens with zero attached hydrogens (tertiary/aromatic N) is 2. The summed E-state index contributed by atoms with van der Waals surface area (Å²) in [5.41, 5.74) is 1.03. The van der Waals surface area contributed by atoms with Crippen LogP contribution in [0.2, 0.25) is 0 Å². The fourth-order valence-corrected chi connectivity index (χ4v) is 5.10. The summed E-state index contributed by atoms with van der Waals surface area (Å²) in [6.07, 6.45) is 3.05. The Morgan fingerprint density at radius 2 is 1.76 bits per heavy atom. The Bertz CT molecular complexity index is 980. The van der Waals surface area contributed by atoms with Crippen molar-refractivity contribution in [2.45, 2.75) is 25.7 Å². The normalized spacial score (nSPS) is 20.4. The van der Waals surface area contributed by atoms with Crippen LogP contribution in [0.15, 0.2) is 48.5 Å². The third-order valence-corrected chi connectivity index (χ3v) is 7.04. The fraction of sp³-hybridized carbons (Fsp3) is 0.481. The zero-order valence-electron chi connectivity index (χ0n) is 20.1. The number of fused-ring (bicyclic) bond motifs is 1. The Morgan fingerprint density at radius 1 is 0.971 bits per heavy atom. The van der Waals surface area contributed by atoms with Crippen LogP contribution in [0.1, 0.15) is 24.8 Å². The van der Waals surface area contributed by atoms with Crippen LogP contribution in [0.4, 0.5) is 0 Å². The van der Waals surface area contributed by atoms with Gasteiger partial charge in [0.15, 0.2) is 18.1 Å². The Kier molecular flexibility index (Phi) is 7.93. The van der Waals surface area contributed by atoms with Crippen LogP contribution in [0.25, 0.3) is 0 Å². The Labute approximate surface area is 201 Å². The fourth-order valence-electron chi connectivity index (χ4n) is 5.10. The lowest BCUT2D eigenvalue weighted by molar-refractivity contribution is -0.136. The molecular formula is C27H34N2O5. The molecule has 2 aromatic carbocycles. The standard InChI is InChI=1S/C27H34N2O5/c1-32-24-10-6-7-20(27(24)33-2)11-14-28-15-13-22-18-29(16-12-21(22)17-25(28)30)26(31)19-34-23-8-4-3-5-9-23/h3-10,21-22H,11-19H2,1-2H3/t21-,22-/m0/s1. The van der Waals surface area contributed by atoms with Gasteiger partial charge in [-0.3, -0.25) is 9.59 Å². The van der Waals surface area contributed by atoms with E-state index in [1.165, 1.54) is 0 Å². The van der Waals surface area contributed by atoms with Gasteiger partial charge in [-0.15, -0.1) is 0 Å². The second kappa shape index (κ2) is 11.3. The maximum absolute atomic E-state index is 13.0. The van der Waals surface area contributed by atoms with E-state index < -0.39 is 0 Å². The molecule has 0 aliphatic carbocycles. The number of hydrogen-bond acceptors (Lipinski definition) is 5. The van der Waals surface area contributed by atoms with E-state index in [0.717, 1.165) is 30.7 Å².